The number of rotatable bonds is 14. The van der Waals surface area contributed by atoms with Gasteiger partial charge >= 0.3 is 0 Å². The van der Waals surface area contributed by atoms with Gasteiger partial charge in [0.25, 0.3) is 10.0 Å². The maximum atomic E-state index is 14.7. The van der Waals surface area contributed by atoms with Gasteiger partial charge in [-0.05, 0) is 66.4 Å². The minimum atomic E-state index is -4.32. The molecule has 248 valence electrons. The van der Waals surface area contributed by atoms with Gasteiger partial charge in [-0.2, -0.15) is 0 Å². The molecule has 11 heteroatoms. The normalized spacial score (nSPS) is 12.0. The van der Waals surface area contributed by atoms with Crippen LogP contribution in [-0.4, -0.2) is 51.4 Å². The van der Waals surface area contributed by atoms with Crippen LogP contribution in [0.15, 0.2) is 106 Å². The maximum absolute atomic E-state index is 14.7. The Bertz CT molecular complexity index is 1790. The van der Waals surface area contributed by atoms with Crippen LogP contribution in [0.25, 0.3) is 0 Å². The third-order valence-corrected chi connectivity index (χ3v) is 10.00. The van der Waals surface area contributed by atoms with Gasteiger partial charge in [0, 0.05) is 29.0 Å². The van der Waals surface area contributed by atoms with Crippen LogP contribution in [0.3, 0.4) is 0 Å². The van der Waals surface area contributed by atoms with E-state index in [0.29, 0.717) is 6.54 Å². The van der Waals surface area contributed by atoms with E-state index in [-0.39, 0.29) is 46.1 Å². The summed E-state index contributed by atoms with van der Waals surface area (Å²) in [6.45, 7) is 5.68. The third kappa shape index (κ3) is 9.59. The van der Waals surface area contributed by atoms with Crippen molar-refractivity contribution < 1.29 is 22.7 Å². The van der Waals surface area contributed by atoms with E-state index in [0.717, 1.165) is 25.5 Å². The second kappa shape index (κ2) is 16.3. The van der Waals surface area contributed by atoms with Gasteiger partial charge in [-0.1, -0.05) is 102 Å². The molecular formula is C36H39BrClN3O5S. The molecule has 0 radical (unpaired) electrons. The van der Waals surface area contributed by atoms with Crippen LogP contribution in [0.5, 0.6) is 5.75 Å². The Hall–Kier alpha value is -3.86. The van der Waals surface area contributed by atoms with E-state index in [1.807, 2.05) is 75.4 Å². The number of methoxy groups -OCH3 is 1. The number of hydrogen-bond acceptors (Lipinski definition) is 5. The second-order valence-electron chi connectivity index (χ2n) is 11.6. The van der Waals surface area contributed by atoms with Crippen molar-refractivity contribution in [1.82, 2.24) is 10.2 Å². The second-order valence-corrected chi connectivity index (χ2v) is 14.9. The number of hydrogen-bond donors (Lipinski definition) is 1. The average Bonchev–Trinajstić information content (AvgIpc) is 3.04. The first-order chi connectivity index (χ1) is 22.4. The van der Waals surface area contributed by atoms with Crippen LogP contribution in [0.1, 0.15) is 30.5 Å². The molecule has 0 aliphatic heterocycles. The molecule has 2 amide bonds. The summed E-state index contributed by atoms with van der Waals surface area (Å²) in [5.41, 5.74) is 2.59. The zero-order valence-corrected chi connectivity index (χ0v) is 30.0. The van der Waals surface area contributed by atoms with Crippen LogP contribution in [0, 0.1) is 12.8 Å². The van der Waals surface area contributed by atoms with Crippen molar-refractivity contribution in [3.8, 4) is 5.75 Å². The molecule has 0 aliphatic carbocycles. The molecule has 0 aromatic heterocycles. The van der Waals surface area contributed by atoms with Crippen molar-refractivity contribution in [3.05, 3.63) is 123 Å². The van der Waals surface area contributed by atoms with Crippen molar-refractivity contribution in [2.75, 3.05) is 24.5 Å². The van der Waals surface area contributed by atoms with E-state index in [1.165, 1.54) is 30.2 Å². The van der Waals surface area contributed by atoms with Crippen LogP contribution in [0.4, 0.5) is 5.69 Å². The Kier molecular flexibility index (Phi) is 12.5. The number of benzene rings is 4. The Morgan fingerprint density at radius 1 is 0.915 bits per heavy atom. The lowest BCUT2D eigenvalue weighted by molar-refractivity contribution is -0.140. The fourth-order valence-corrected chi connectivity index (χ4v) is 7.05. The zero-order valence-electron chi connectivity index (χ0n) is 26.8. The quantitative estimate of drug-likeness (QED) is 0.150. The van der Waals surface area contributed by atoms with Gasteiger partial charge < -0.3 is 15.0 Å². The highest BCUT2D eigenvalue weighted by molar-refractivity contribution is 9.10. The number of nitrogens with zero attached hydrogens (tertiary/aromatic N) is 2. The fraction of sp³-hybridized carbons (Fsp3) is 0.278. The van der Waals surface area contributed by atoms with Crippen molar-refractivity contribution in [2.45, 2.75) is 44.7 Å². The van der Waals surface area contributed by atoms with E-state index < -0.39 is 28.5 Å². The molecule has 0 spiro atoms. The Morgan fingerprint density at radius 2 is 1.60 bits per heavy atom. The summed E-state index contributed by atoms with van der Waals surface area (Å²) in [6.07, 6.45) is 0.218. The number of amides is 2. The molecule has 0 unspecified atom stereocenters. The molecule has 0 bridgehead atoms. The van der Waals surface area contributed by atoms with Gasteiger partial charge in [-0.15, -0.1) is 0 Å². The zero-order chi connectivity index (χ0) is 34.1. The van der Waals surface area contributed by atoms with E-state index in [4.69, 9.17) is 16.3 Å². The minimum absolute atomic E-state index is 0.00743. The lowest BCUT2D eigenvalue weighted by atomic mass is 10.0. The molecule has 4 aromatic rings. The molecule has 0 aliphatic rings. The molecule has 47 heavy (non-hydrogen) atoms. The molecular weight excluding hydrogens is 702 g/mol. The SMILES string of the molecule is COc1ccc(Cl)cc1N(CC(=O)N(Cc1cccc(Br)c1)[C@@H](Cc1ccccc1)C(=O)NCC(C)C)S(=O)(=O)c1ccc(C)cc1. The molecule has 0 heterocycles. The van der Waals surface area contributed by atoms with Crippen molar-refractivity contribution >= 4 is 55.1 Å². The first kappa shape index (κ1) is 36.0. The molecule has 4 aromatic carbocycles. The predicted molar refractivity (Wildman–Crippen MR) is 190 cm³/mol. The predicted octanol–water partition coefficient (Wildman–Crippen LogP) is 7.03. The maximum Gasteiger partial charge on any atom is 0.264 e. The highest BCUT2D eigenvalue weighted by Crippen LogP contribution is 2.35. The van der Waals surface area contributed by atoms with Crippen LogP contribution in [0.2, 0.25) is 5.02 Å². The topological polar surface area (TPSA) is 96.0 Å². The Labute approximate surface area is 290 Å². The summed E-state index contributed by atoms with van der Waals surface area (Å²) in [5, 5.41) is 3.26. The van der Waals surface area contributed by atoms with Crippen molar-refractivity contribution in [3.63, 3.8) is 0 Å². The van der Waals surface area contributed by atoms with Crippen LogP contribution in [-0.2, 0) is 32.6 Å². The summed E-state index contributed by atoms with van der Waals surface area (Å²) in [7, 11) is -2.90. The van der Waals surface area contributed by atoms with Gasteiger partial charge in [0.2, 0.25) is 11.8 Å². The highest BCUT2D eigenvalue weighted by Gasteiger charge is 2.35. The van der Waals surface area contributed by atoms with Gasteiger partial charge in [-0.25, -0.2) is 8.42 Å². The van der Waals surface area contributed by atoms with Gasteiger partial charge in [0.15, 0.2) is 0 Å². The van der Waals surface area contributed by atoms with Gasteiger partial charge in [0.1, 0.15) is 18.3 Å². The van der Waals surface area contributed by atoms with E-state index in [9.17, 15) is 18.0 Å². The fourth-order valence-electron chi connectivity index (χ4n) is 5.02. The molecule has 0 saturated carbocycles. The van der Waals surface area contributed by atoms with E-state index >= 15 is 0 Å². The summed E-state index contributed by atoms with van der Waals surface area (Å²) in [5.74, 6) is -0.523. The minimum Gasteiger partial charge on any atom is -0.495 e. The smallest absolute Gasteiger partial charge is 0.264 e. The summed E-state index contributed by atoms with van der Waals surface area (Å²) in [4.78, 5) is 30.0. The highest BCUT2D eigenvalue weighted by atomic mass is 79.9. The number of halogens is 2. The van der Waals surface area contributed by atoms with Crippen molar-refractivity contribution in [1.29, 1.82) is 0 Å². The van der Waals surface area contributed by atoms with E-state index in [1.54, 1.807) is 24.3 Å². The van der Waals surface area contributed by atoms with Crippen LogP contribution >= 0.6 is 27.5 Å². The number of anilines is 1. The summed E-state index contributed by atoms with van der Waals surface area (Å²) >= 11 is 9.87. The van der Waals surface area contributed by atoms with Crippen LogP contribution < -0.4 is 14.4 Å². The number of ether oxygens (including phenoxy) is 1. The molecule has 0 fully saturated rings. The Morgan fingerprint density at radius 3 is 2.23 bits per heavy atom. The Balaban J connectivity index is 1.85. The molecule has 1 atom stereocenters. The molecule has 1 N–H and O–H groups in total. The third-order valence-electron chi connectivity index (χ3n) is 7.50. The average molecular weight is 741 g/mol. The summed E-state index contributed by atoms with van der Waals surface area (Å²) < 4.78 is 36.0. The molecule has 4 rings (SSSR count). The number of sulfonamides is 1. The monoisotopic (exact) mass is 739 g/mol. The number of carbonyl (C=O) groups is 2. The lowest BCUT2D eigenvalue weighted by Crippen LogP contribution is -2.53. The standard InChI is InChI=1S/C36H39BrClN3O5S/c1-25(2)22-39-36(43)33(20-27-9-6-5-7-10-27)40(23-28-11-8-12-29(37)19-28)35(42)24-41(32-21-30(38)15-18-34(32)46-4)47(44,45)31-16-13-26(3)14-17-31/h5-19,21,25,33H,20,22-24H2,1-4H3,(H,39,43)/t33-/m0/s1. The van der Waals surface area contributed by atoms with Gasteiger partial charge in [0.05, 0.1) is 17.7 Å². The van der Waals surface area contributed by atoms with E-state index in [2.05, 4.69) is 21.2 Å². The largest absolute Gasteiger partial charge is 0.495 e. The number of aryl methyl sites for hydroxylation is 1. The first-order valence-corrected chi connectivity index (χ1v) is 17.8. The lowest BCUT2D eigenvalue weighted by Gasteiger charge is -2.34. The molecule has 8 nitrogen and oxygen atoms in total. The number of nitrogens with one attached hydrogen (secondary N) is 1. The molecule has 0 saturated heterocycles. The first-order valence-electron chi connectivity index (χ1n) is 15.2. The summed E-state index contributed by atoms with van der Waals surface area (Å²) in [6, 6.07) is 26.9. The van der Waals surface area contributed by atoms with Crippen molar-refractivity contribution in [2.24, 2.45) is 5.92 Å². The van der Waals surface area contributed by atoms with Gasteiger partial charge in [-0.3, -0.25) is 13.9 Å². The number of carbonyl (C=O) groups excluding carboxylic acids is 2.